The van der Waals surface area contributed by atoms with E-state index < -0.39 is 15.6 Å². The molecular formula is C14H25N3O2S. The summed E-state index contributed by atoms with van der Waals surface area (Å²) in [6.45, 7) is 10.0. The van der Waals surface area contributed by atoms with E-state index in [4.69, 9.17) is 5.84 Å². The fraction of sp³-hybridized carbons (Fsp3) is 0.571. The largest absolute Gasteiger partial charge is 0.323 e. The quantitative estimate of drug-likeness (QED) is 0.576. The molecule has 0 unspecified atom stereocenters. The molecule has 1 aromatic rings. The second-order valence-corrected chi connectivity index (χ2v) is 8.52. The summed E-state index contributed by atoms with van der Waals surface area (Å²) in [6, 6.07) is 6.57. The molecule has 0 heterocycles. The molecular weight excluding hydrogens is 274 g/mol. The zero-order valence-electron chi connectivity index (χ0n) is 12.8. The van der Waals surface area contributed by atoms with E-state index in [0.29, 0.717) is 5.69 Å². The molecule has 0 bridgehead atoms. The highest BCUT2D eigenvalue weighted by atomic mass is 32.2. The number of nitrogen functional groups attached to an aromatic ring is 1. The van der Waals surface area contributed by atoms with Crippen molar-refractivity contribution >= 4 is 15.7 Å². The summed E-state index contributed by atoms with van der Waals surface area (Å²) >= 11 is 0. The summed E-state index contributed by atoms with van der Waals surface area (Å²) in [5, 5.41) is 0. The number of nitrogens with two attached hydrogens (primary N) is 1. The van der Waals surface area contributed by atoms with Gasteiger partial charge >= 0.3 is 0 Å². The van der Waals surface area contributed by atoms with Gasteiger partial charge in [0.25, 0.3) is 0 Å². The average molecular weight is 299 g/mol. The highest BCUT2D eigenvalue weighted by Crippen LogP contribution is 2.29. The van der Waals surface area contributed by atoms with Crippen molar-refractivity contribution in [2.24, 2.45) is 11.3 Å². The Morgan fingerprint density at radius 2 is 1.65 bits per heavy atom. The van der Waals surface area contributed by atoms with Crippen LogP contribution in [-0.4, -0.2) is 14.0 Å². The standard InChI is InChI=1S/C14H25N3O2S/c1-13(2,3)10-14(4,5)17-20(18,19)12-9-7-6-8-11(12)16-15/h6-9,16-17H,10,15H2,1-5H3. The zero-order chi connectivity index (χ0) is 15.6. The second kappa shape index (κ2) is 5.71. The zero-order valence-corrected chi connectivity index (χ0v) is 13.6. The minimum Gasteiger partial charge on any atom is -0.323 e. The SMILES string of the molecule is CC(C)(C)CC(C)(C)NS(=O)(=O)c1ccccc1NN. The molecule has 0 fully saturated rings. The normalized spacial score (nSPS) is 13.3. The third kappa shape index (κ3) is 4.77. The maximum absolute atomic E-state index is 12.5. The van der Waals surface area contributed by atoms with Gasteiger partial charge < -0.3 is 5.43 Å². The van der Waals surface area contributed by atoms with Gasteiger partial charge in [-0.1, -0.05) is 32.9 Å². The lowest BCUT2D eigenvalue weighted by molar-refractivity contribution is 0.269. The minimum atomic E-state index is -3.63. The van der Waals surface area contributed by atoms with Crippen molar-refractivity contribution in [3.05, 3.63) is 24.3 Å². The van der Waals surface area contributed by atoms with E-state index in [1.54, 1.807) is 18.2 Å². The maximum Gasteiger partial charge on any atom is 0.243 e. The molecule has 20 heavy (non-hydrogen) atoms. The summed E-state index contributed by atoms with van der Waals surface area (Å²) in [7, 11) is -3.63. The fourth-order valence-electron chi connectivity index (χ4n) is 2.60. The van der Waals surface area contributed by atoms with E-state index in [2.05, 4.69) is 30.9 Å². The molecule has 4 N–H and O–H groups in total. The van der Waals surface area contributed by atoms with Crippen LogP contribution >= 0.6 is 0 Å². The molecule has 0 saturated heterocycles. The number of sulfonamides is 1. The highest BCUT2D eigenvalue weighted by Gasteiger charge is 2.31. The molecule has 0 aliphatic rings. The summed E-state index contributed by atoms with van der Waals surface area (Å²) in [4.78, 5) is 0.157. The van der Waals surface area contributed by atoms with E-state index in [0.717, 1.165) is 6.42 Å². The lowest BCUT2D eigenvalue weighted by Gasteiger charge is -2.33. The van der Waals surface area contributed by atoms with Gasteiger partial charge in [0.15, 0.2) is 0 Å². The van der Waals surface area contributed by atoms with Crippen LogP contribution in [0.15, 0.2) is 29.2 Å². The molecule has 0 spiro atoms. The third-order valence-corrected chi connectivity index (χ3v) is 4.47. The first-order chi connectivity index (χ1) is 8.97. The van der Waals surface area contributed by atoms with Crippen LogP contribution in [0, 0.1) is 5.41 Å². The lowest BCUT2D eigenvalue weighted by atomic mass is 9.82. The molecule has 0 aliphatic carbocycles. The van der Waals surface area contributed by atoms with Crippen LogP contribution in [0.25, 0.3) is 0 Å². The molecule has 1 rings (SSSR count). The van der Waals surface area contributed by atoms with Crippen LogP contribution in [0.4, 0.5) is 5.69 Å². The Bertz CT molecular complexity index is 560. The Hall–Kier alpha value is -1.11. The first kappa shape index (κ1) is 16.9. The van der Waals surface area contributed by atoms with Gasteiger partial charge in [-0.15, -0.1) is 0 Å². The van der Waals surface area contributed by atoms with Gasteiger partial charge in [0.05, 0.1) is 5.69 Å². The van der Waals surface area contributed by atoms with Crippen LogP contribution in [0.3, 0.4) is 0 Å². The Labute approximate surface area is 122 Å². The molecule has 0 saturated carbocycles. The van der Waals surface area contributed by atoms with Gasteiger partial charge in [0, 0.05) is 5.54 Å². The van der Waals surface area contributed by atoms with Crippen molar-refractivity contribution in [2.75, 3.05) is 5.43 Å². The Kier molecular flexibility index (Phi) is 4.84. The molecule has 0 atom stereocenters. The van der Waals surface area contributed by atoms with Crippen molar-refractivity contribution in [3.8, 4) is 0 Å². The monoisotopic (exact) mass is 299 g/mol. The summed E-state index contributed by atoms with van der Waals surface area (Å²) < 4.78 is 27.8. The maximum atomic E-state index is 12.5. The van der Waals surface area contributed by atoms with Gasteiger partial charge in [-0.2, -0.15) is 0 Å². The topological polar surface area (TPSA) is 84.2 Å². The van der Waals surface area contributed by atoms with E-state index in [1.165, 1.54) is 6.07 Å². The first-order valence-electron chi connectivity index (χ1n) is 6.56. The summed E-state index contributed by atoms with van der Waals surface area (Å²) in [5.74, 6) is 5.37. The van der Waals surface area contributed by atoms with Gasteiger partial charge in [0.2, 0.25) is 10.0 Å². The van der Waals surface area contributed by atoms with E-state index in [9.17, 15) is 8.42 Å². The van der Waals surface area contributed by atoms with Crippen LogP contribution in [0.5, 0.6) is 0 Å². The number of rotatable bonds is 5. The van der Waals surface area contributed by atoms with Crippen molar-refractivity contribution in [2.45, 2.75) is 51.5 Å². The summed E-state index contributed by atoms with van der Waals surface area (Å²) in [5.41, 5.74) is 2.28. The number of hydrogen-bond donors (Lipinski definition) is 3. The molecule has 6 heteroatoms. The molecule has 5 nitrogen and oxygen atoms in total. The van der Waals surface area contributed by atoms with E-state index >= 15 is 0 Å². The van der Waals surface area contributed by atoms with Gasteiger partial charge in [-0.25, -0.2) is 13.1 Å². The van der Waals surface area contributed by atoms with Crippen LogP contribution < -0.4 is 16.0 Å². The number of hydrazine groups is 1. The predicted molar refractivity (Wildman–Crippen MR) is 82.7 cm³/mol. The second-order valence-electron chi connectivity index (χ2n) is 6.87. The smallest absolute Gasteiger partial charge is 0.243 e. The van der Waals surface area contributed by atoms with Gasteiger partial charge in [-0.3, -0.25) is 5.84 Å². The van der Waals surface area contributed by atoms with Crippen LogP contribution in [0.1, 0.15) is 41.0 Å². The van der Waals surface area contributed by atoms with Crippen molar-refractivity contribution in [1.29, 1.82) is 0 Å². The molecule has 0 radical (unpaired) electrons. The first-order valence-corrected chi connectivity index (χ1v) is 8.05. The van der Waals surface area contributed by atoms with Gasteiger partial charge in [-0.05, 0) is 37.8 Å². The molecule has 0 aromatic heterocycles. The molecule has 0 aliphatic heterocycles. The molecule has 114 valence electrons. The number of hydrogen-bond acceptors (Lipinski definition) is 4. The lowest BCUT2D eigenvalue weighted by Crippen LogP contribution is -2.45. The Balaban J connectivity index is 3.06. The molecule has 1 aromatic carbocycles. The Morgan fingerprint density at radius 3 is 2.15 bits per heavy atom. The van der Waals surface area contributed by atoms with E-state index in [-0.39, 0.29) is 10.3 Å². The average Bonchev–Trinajstić information content (AvgIpc) is 2.24. The number of benzene rings is 1. The van der Waals surface area contributed by atoms with Crippen molar-refractivity contribution in [3.63, 3.8) is 0 Å². The number of nitrogens with one attached hydrogen (secondary N) is 2. The van der Waals surface area contributed by atoms with Crippen LogP contribution in [-0.2, 0) is 10.0 Å². The number of para-hydroxylation sites is 1. The summed E-state index contributed by atoms with van der Waals surface area (Å²) in [6.07, 6.45) is 0.720. The number of anilines is 1. The minimum absolute atomic E-state index is 0.0255. The van der Waals surface area contributed by atoms with Crippen molar-refractivity contribution in [1.82, 2.24) is 4.72 Å². The van der Waals surface area contributed by atoms with E-state index in [1.807, 2.05) is 13.8 Å². The fourth-order valence-corrected chi connectivity index (χ4v) is 4.18. The van der Waals surface area contributed by atoms with Crippen LogP contribution in [0.2, 0.25) is 0 Å². The highest BCUT2D eigenvalue weighted by molar-refractivity contribution is 7.89. The predicted octanol–water partition coefficient (Wildman–Crippen LogP) is 2.47. The van der Waals surface area contributed by atoms with Gasteiger partial charge in [0.1, 0.15) is 4.90 Å². The van der Waals surface area contributed by atoms with Crippen molar-refractivity contribution < 1.29 is 8.42 Å². The molecule has 0 amide bonds. The third-order valence-electron chi connectivity index (χ3n) is 2.72. The Morgan fingerprint density at radius 1 is 1.10 bits per heavy atom.